The summed E-state index contributed by atoms with van der Waals surface area (Å²) in [6.07, 6.45) is 6.00. The third-order valence-corrected chi connectivity index (χ3v) is 5.80. The van der Waals surface area contributed by atoms with E-state index in [1.165, 1.54) is 12.3 Å². The minimum Gasteiger partial charge on any atom is -0.419 e. The second-order valence-electron chi connectivity index (χ2n) is 6.18. The topological polar surface area (TPSA) is 101 Å². The zero-order valence-corrected chi connectivity index (χ0v) is 14.2. The van der Waals surface area contributed by atoms with E-state index < -0.39 is 10.0 Å². The van der Waals surface area contributed by atoms with Crippen molar-refractivity contribution >= 4 is 10.0 Å². The van der Waals surface area contributed by atoms with Crippen LogP contribution in [0.1, 0.15) is 45.4 Å². The molecular weight excluding hydrogens is 316 g/mol. The first-order valence-electron chi connectivity index (χ1n) is 8.01. The van der Waals surface area contributed by atoms with Crippen LogP contribution in [0.25, 0.3) is 11.6 Å². The van der Waals surface area contributed by atoms with Gasteiger partial charge in [-0.3, -0.25) is 0 Å². The number of nitrogens with zero attached hydrogens (tertiary/aromatic N) is 2. The van der Waals surface area contributed by atoms with Crippen LogP contribution in [0.15, 0.2) is 21.6 Å². The first-order chi connectivity index (χ1) is 11.0. The van der Waals surface area contributed by atoms with Crippen molar-refractivity contribution in [2.24, 2.45) is 5.92 Å². The number of rotatable bonds is 5. The smallest absolute Gasteiger partial charge is 0.264 e. The van der Waals surface area contributed by atoms with Gasteiger partial charge in [0.25, 0.3) is 5.89 Å². The van der Waals surface area contributed by atoms with Crippen molar-refractivity contribution in [2.45, 2.75) is 56.9 Å². The largest absolute Gasteiger partial charge is 0.419 e. The molecule has 1 aliphatic rings. The van der Waals surface area contributed by atoms with Gasteiger partial charge in [0, 0.05) is 18.7 Å². The maximum absolute atomic E-state index is 12.5. The molecule has 0 unspecified atom stereocenters. The quantitative estimate of drug-likeness (QED) is 0.872. The van der Waals surface area contributed by atoms with E-state index in [4.69, 9.17) is 4.42 Å². The maximum atomic E-state index is 12.5. The zero-order chi connectivity index (χ0) is 16.4. The van der Waals surface area contributed by atoms with Gasteiger partial charge in [0.1, 0.15) is 10.6 Å². The Bertz CT molecular complexity index is 757. The molecule has 0 saturated heterocycles. The van der Waals surface area contributed by atoms with Gasteiger partial charge in [0.15, 0.2) is 0 Å². The van der Waals surface area contributed by atoms with E-state index in [0.29, 0.717) is 29.8 Å². The SMILES string of the molecule is CCc1nnc(-c2cc(S(=O)(=O)NC3CCC(C)CC3)c[nH]2)o1. The molecule has 126 valence electrons. The van der Waals surface area contributed by atoms with Gasteiger partial charge in [0.2, 0.25) is 15.9 Å². The molecule has 0 spiro atoms. The standard InChI is InChI=1S/C15H22N4O3S/c1-3-14-17-18-15(22-14)13-8-12(9-16-13)23(20,21)19-11-6-4-10(2)5-7-11/h8-11,16,19H,3-7H2,1-2H3. The van der Waals surface area contributed by atoms with Crippen molar-refractivity contribution in [1.82, 2.24) is 19.9 Å². The van der Waals surface area contributed by atoms with E-state index in [1.54, 1.807) is 0 Å². The van der Waals surface area contributed by atoms with Crippen LogP contribution >= 0.6 is 0 Å². The first kappa shape index (κ1) is 16.2. The number of aromatic amines is 1. The number of aromatic nitrogens is 3. The monoisotopic (exact) mass is 338 g/mol. The maximum Gasteiger partial charge on any atom is 0.264 e. The molecule has 2 N–H and O–H groups in total. The molecule has 0 aliphatic heterocycles. The van der Waals surface area contributed by atoms with Crippen molar-refractivity contribution in [3.63, 3.8) is 0 Å². The zero-order valence-electron chi connectivity index (χ0n) is 13.4. The van der Waals surface area contributed by atoms with Gasteiger partial charge < -0.3 is 9.40 Å². The van der Waals surface area contributed by atoms with E-state index in [1.807, 2.05) is 6.92 Å². The molecule has 8 heteroatoms. The molecule has 23 heavy (non-hydrogen) atoms. The van der Waals surface area contributed by atoms with Crippen LogP contribution in [0, 0.1) is 5.92 Å². The van der Waals surface area contributed by atoms with Gasteiger partial charge in [-0.25, -0.2) is 13.1 Å². The minimum absolute atomic E-state index is 0.0182. The van der Waals surface area contributed by atoms with Crippen molar-refractivity contribution in [3.05, 3.63) is 18.2 Å². The summed E-state index contributed by atoms with van der Waals surface area (Å²) in [6.45, 7) is 4.12. The molecule has 2 heterocycles. The third kappa shape index (κ3) is 3.64. The predicted molar refractivity (Wildman–Crippen MR) is 85.2 cm³/mol. The summed E-state index contributed by atoms with van der Waals surface area (Å²) in [5.74, 6) is 1.50. The Labute approximate surface area is 135 Å². The van der Waals surface area contributed by atoms with Gasteiger partial charge in [-0.2, -0.15) is 0 Å². The summed E-state index contributed by atoms with van der Waals surface area (Å²) in [5.41, 5.74) is 0.509. The van der Waals surface area contributed by atoms with Gasteiger partial charge >= 0.3 is 0 Å². The van der Waals surface area contributed by atoms with Crippen molar-refractivity contribution in [2.75, 3.05) is 0 Å². The van der Waals surface area contributed by atoms with Crippen molar-refractivity contribution < 1.29 is 12.8 Å². The fourth-order valence-electron chi connectivity index (χ4n) is 2.82. The summed E-state index contributed by atoms with van der Waals surface area (Å²) in [5, 5.41) is 7.79. The van der Waals surface area contributed by atoms with Crippen LogP contribution in [-0.4, -0.2) is 29.6 Å². The van der Waals surface area contributed by atoms with Gasteiger partial charge in [-0.15, -0.1) is 10.2 Å². The number of aryl methyl sites for hydroxylation is 1. The number of nitrogens with one attached hydrogen (secondary N) is 2. The van der Waals surface area contributed by atoms with E-state index in [0.717, 1.165) is 25.7 Å². The Hall–Kier alpha value is -1.67. The Morgan fingerprint density at radius 1 is 1.30 bits per heavy atom. The average molecular weight is 338 g/mol. The predicted octanol–water partition coefficient (Wildman–Crippen LogP) is 2.48. The summed E-state index contributed by atoms with van der Waals surface area (Å²) in [4.78, 5) is 3.09. The summed E-state index contributed by atoms with van der Waals surface area (Å²) in [7, 11) is -3.53. The van der Waals surface area contributed by atoms with Crippen LogP contribution < -0.4 is 4.72 Å². The number of H-pyrrole nitrogens is 1. The molecule has 7 nitrogen and oxygen atoms in total. The van der Waals surface area contributed by atoms with Crippen LogP contribution in [0.5, 0.6) is 0 Å². The lowest BCUT2D eigenvalue weighted by Gasteiger charge is -2.26. The number of hydrogen-bond donors (Lipinski definition) is 2. The van der Waals surface area contributed by atoms with Gasteiger partial charge in [0.05, 0.1) is 0 Å². The second kappa shape index (κ2) is 6.45. The molecule has 0 atom stereocenters. The molecule has 1 fully saturated rings. The van der Waals surface area contributed by atoms with Crippen LogP contribution in [0.4, 0.5) is 0 Å². The number of sulfonamides is 1. The van der Waals surface area contributed by atoms with E-state index >= 15 is 0 Å². The highest BCUT2D eigenvalue weighted by Crippen LogP contribution is 2.26. The summed E-state index contributed by atoms with van der Waals surface area (Å²) in [6, 6.07) is 1.55. The number of hydrogen-bond acceptors (Lipinski definition) is 5. The molecule has 2 aromatic heterocycles. The molecule has 1 saturated carbocycles. The Morgan fingerprint density at radius 2 is 2.04 bits per heavy atom. The highest BCUT2D eigenvalue weighted by atomic mass is 32.2. The fraction of sp³-hybridized carbons (Fsp3) is 0.600. The van der Waals surface area contributed by atoms with Crippen LogP contribution in [0.2, 0.25) is 0 Å². The molecule has 0 radical (unpaired) electrons. The second-order valence-corrected chi connectivity index (χ2v) is 7.90. The van der Waals surface area contributed by atoms with E-state index in [2.05, 4.69) is 26.8 Å². The third-order valence-electron chi connectivity index (χ3n) is 4.30. The Kier molecular flexibility index (Phi) is 4.54. The lowest BCUT2D eigenvalue weighted by atomic mass is 9.88. The Morgan fingerprint density at radius 3 is 2.70 bits per heavy atom. The fourth-order valence-corrected chi connectivity index (χ4v) is 4.12. The molecular formula is C15H22N4O3S. The minimum atomic E-state index is -3.53. The Balaban J connectivity index is 1.73. The van der Waals surface area contributed by atoms with E-state index in [-0.39, 0.29) is 10.9 Å². The molecule has 1 aliphatic carbocycles. The normalized spacial score (nSPS) is 22.3. The molecule has 0 bridgehead atoms. The van der Waals surface area contributed by atoms with Crippen LogP contribution in [0.3, 0.4) is 0 Å². The van der Waals surface area contributed by atoms with Gasteiger partial charge in [-0.1, -0.05) is 13.8 Å². The lowest BCUT2D eigenvalue weighted by Crippen LogP contribution is -2.37. The summed E-state index contributed by atoms with van der Waals surface area (Å²) >= 11 is 0. The van der Waals surface area contributed by atoms with E-state index in [9.17, 15) is 8.42 Å². The van der Waals surface area contributed by atoms with Gasteiger partial charge in [-0.05, 0) is 37.7 Å². The highest BCUT2D eigenvalue weighted by Gasteiger charge is 2.25. The van der Waals surface area contributed by atoms with Crippen LogP contribution in [-0.2, 0) is 16.4 Å². The molecule has 0 aromatic carbocycles. The molecule has 0 amide bonds. The van der Waals surface area contributed by atoms with Crippen molar-refractivity contribution in [1.29, 1.82) is 0 Å². The molecule has 2 aromatic rings. The average Bonchev–Trinajstić information content (AvgIpc) is 3.18. The first-order valence-corrected chi connectivity index (χ1v) is 9.49. The summed E-state index contributed by atoms with van der Waals surface area (Å²) < 4.78 is 33.2. The lowest BCUT2D eigenvalue weighted by molar-refractivity contribution is 0.332. The highest BCUT2D eigenvalue weighted by molar-refractivity contribution is 7.89. The molecule has 3 rings (SSSR count). The van der Waals surface area contributed by atoms with Crippen molar-refractivity contribution in [3.8, 4) is 11.6 Å².